The number of ketones is 1. The molecule has 0 amide bonds. The highest BCUT2D eigenvalue weighted by molar-refractivity contribution is 5.83. The maximum atomic E-state index is 13.0. The van der Waals surface area contributed by atoms with Gasteiger partial charge in [0.05, 0.1) is 11.7 Å². The van der Waals surface area contributed by atoms with Crippen LogP contribution in [-0.4, -0.2) is 17.5 Å². The van der Waals surface area contributed by atoms with Gasteiger partial charge in [-0.05, 0) is 63.2 Å². The summed E-state index contributed by atoms with van der Waals surface area (Å²) in [5, 5.41) is 0. The number of Topliss-reactive ketones (excluding diaryl/α,β-unsaturated/α-hetero) is 1. The Balaban J connectivity index is 1.73. The van der Waals surface area contributed by atoms with Gasteiger partial charge in [-0.15, -0.1) is 0 Å². The molecule has 3 fully saturated rings. The van der Waals surface area contributed by atoms with E-state index in [9.17, 15) is 4.79 Å². The van der Waals surface area contributed by atoms with Crippen LogP contribution in [-0.2, 0) is 9.53 Å². The van der Waals surface area contributed by atoms with Gasteiger partial charge < -0.3 is 4.74 Å². The van der Waals surface area contributed by atoms with E-state index in [0.29, 0.717) is 23.5 Å². The van der Waals surface area contributed by atoms with E-state index in [1.165, 1.54) is 44.9 Å². The molecule has 23 heavy (non-hydrogen) atoms. The molecule has 2 heteroatoms. The Morgan fingerprint density at radius 1 is 1.17 bits per heavy atom. The first-order valence-electron chi connectivity index (χ1n) is 10.1. The fourth-order valence-corrected chi connectivity index (χ4v) is 5.89. The molecule has 2 aliphatic carbocycles. The summed E-state index contributed by atoms with van der Waals surface area (Å²) in [5.41, 5.74) is -0.0441. The largest absolute Gasteiger partial charge is 0.371 e. The van der Waals surface area contributed by atoms with E-state index in [4.69, 9.17) is 4.74 Å². The zero-order valence-electron chi connectivity index (χ0n) is 15.6. The summed E-state index contributed by atoms with van der Waals surface area (Å²) >= 11 is 0. The van der Waals surface area contributed by atoms with E-state index in [1.54, 1.807) is 0 Å². The van der Waals surface area contributed by atoms with Gasteiger partial charge in [-0.2, -0.15) is 0 Å². The third-order valence-electron chi connectivity index (χ3n) is 7.01. The van der Waals surface area contributed by atoms with Crippen LogP contribution in [0.2, 0.25) is 0 Å². The molecular weight excluding hydrogens is 284 g/mol. The smallest absolute Gasteiger partial charge is 0.139 e. The summed E-state index contributed by atoms with van der Waals surface area (Å²) in [5.74, 6) is 3.25. The van der Waals surface area contributed by atoms with Crippen LogP contribution >= 0.6 is 0 Å². The van der Waals surface area contributed by atoms with Crippen molar-refractivity contribution in [2.75, 3.05) is 0 Å². The molecule has 3 rings (SSSR count). The molecule has 1 aliphatic heterocycles. The Hall–Kier alpha value is -0.370. The topological polar surface area (TPSA) is 26.3 Å². The average molecular weight is 321 g/mol. The molecule has 0 aromatic rings. The second-order valence-corrected chi connectivity index (χ2v) is 9.24. The summed E-state index contributed by atoms with van der Waals surface area (Å²) in [7, 11) is 0. The fourth-order valence-electron chi connectivity index (χ4n) is 5.89. The summed E-state index contributed by atoms with van der Waals surface area (Å²) in [6.07, 6.45) is 11.0. The summed E-state index contributed by atoms with van der Waals surface area (Å²) < 4.78 is 6.57. The second-order valence-electron chi connectivity index (χ2n) is 9.24. The molecular formula is C21H36O2. The average Bonchev–Trinajstić information content (AvgIpc) is 2.46. The Labute approximate surface area is 142 Å². The van der Waals surface area contributed by atoms with Crippen LogP contribution < -0.4 is 0 Å². The predicted octanol–water partition coefficient (Wildman–Crippen LogP) is 5.39. The van der Waals surface area contributed by atoms with Gasteiger partial charge in [0, 0.05) is 12.3 Å². The monoisotopic (exact) mass is 320 g/mol. The van der Waals surface area contributed by atoms with Crippen molar-refractivity contribution in [2.45, 2.75) is 97.2 Å². The van der Waals surface area contributed by atoms with Gasteiger partial charge in [-0.1, -0.05) is 39.5 Å². The number of carbonyl (C=O) groups is 1. The predicted molar refractivity (Wildman–Crippen MR) is 94.3 cm³/mol. The molecule has 132 valence electrons. The molecule has 0 aromatic carbocycles. The van der Waals surface area contributed by atoms with Crippen LogP contribution in [0.4, 0.5) is 0 Å². The lowest BCUT2D eigenvalue weighted by Gasteiger charge is -2.56. The number of carbonyl (C=O) groups excluding carboxylic acids is 1. The van der Waals surface area contributed by atoms with E-state index in [0.717, 1.165) is 18.8 Å². The number of fused-ring (bicyclic) bond motifs is 3. The van der Waals surface area contributed by atoms with E-state index < -0.39 is 0 Å². The van der Waals surface area contributed by atoms with E-state index in [2.05, 4.69) is 27.7 Å². The van der Waals surface area contributed by atoms with E-state index in [1.807, 2.05) is 0 Å². The summed E-state index contributed by atoms with van der Waals surface area (Å²) in [4.78, 5) is 13.0. The summed E-state index contributed by atoms with van der Waals surface area (Å²) in [6.45, 7) is 9.18. The Morgan fingerprint density at radius 2 is 1.96 bits per heavy atom. The third-order valence-corrected chi connectivity index (χ3v) is 7.01. The normalized spacial score (nSPS) is 42.9. The molecule has 0 N–H and O–H groups in total. The minimum absolute atomic E-state index is 0.0441. The Morgan fingerprint density at radius 3 is 2.70 bits per heavy atom. The van der Waals surface area contributed by atoms with Crippen LogP contribution in [0.5, 0.6) is 0 Å². The zero-order chi connectivity index (χ0) is 16.6. The molecule has 6 unspecified atom stereocenters. The number of unbranched alkanes of at least 4 members (excludes halogenated alkanes) is 2. The molecule has 3 aliphatic rings. The lowest BCUT2D eigenvalue weighted by Crippen LogP contribution is -2.58. The first-order chi connectivity index (χ1) is 10.9. The van der Waals surface area contributed by atoms with Crippen molar-refractivity contribution in [1.82, 2.24) is 0 Å². The Kier molecular flexibility index (Phi) is 5.21. The highest BCUT2D eigenvalue weighted by Gasteiger charge is 2.54. The highest BCUT2D eigenvalue weighted by Crippen LogP contribution is 2.53. The van der Waals surface area contributed by atoms with Crippen molar-refractivity contribution < 1.29 is 9.53 Å². The first kappa shape index (κ1) is 17.5. The van der Waals surface area contributed by atoms with Crippen LogP contribution in [0.15, 0.2) is 0 Å². The van der Waals surface area contributed by atoms with Gasteiger partial charge in [0.2, 0.25) is 0 Å². The van der Waals surface area contributed by atoms with Crippen LogP contribution in [0.1, 0.15) is 85.5 Å². The number of ether oxygens (including phenoxy) is 1. The molecule has 0 radical (unpaired) electrons. The molecule has 0 spiro atoms. The number of rotatable bonds is 4. The SMILES string of the molecule is CCCCCC1CC(=O)C2C(C1)OC(C)(C)C1CCC(C)CC21. The van der Waals surface area contributed by atoms with Gasteiger partial charge in [-0.3, -0.25) is 4.79 Å². The van der Waals surface area contributed by atoms with E-state index in [-0.39, 0.29) is 17.6 Å². The van der Waals surface area contributed by atoms with Gasteiger partial charge in [0.15, 0.2) is 0 Å². The van der Waals surface area contributed by atoms with Crippen molar-refractivity contribution in [1.29, 1.82) is 0 Å². The first-order valence-corrected chi connectivity index (χ1v) is 10.1. The number of hydrogen-bond acceptors (Lipinski definition) is 2. The lowest BCUT2D eigenvalue weighted by molar-refractivity contribution is -0.217. The maximum Gasteiger partial charge on any atom is 0.139 e. The van der Waals surface area contributed by atoms with Crippen LogP contribution in [0.3, 0.4) is 0 Å². The molecule has 6 atom stereocenters. The lowest BCUT2D eigenvalue weighted by atomic mass is 9.57. The van der Waals surface area contributed by atoms with Crippen LogP contribution in [0.25, 0.3) is 0 Å². The standard InChI is InChI=1S/C21H36O2/c1-5-6-7-8-15-12-18(22)20-16-11-14(2)9-10-17(16)21(3,4)23-19(20)13-15/h14-17,19-20H,5-13H2,1-4H3. The van der Waals surface area contributed by atoms with Crippen molar-refractivity contribution in [2.24, 2.45) is 29.6 Å². The van der Waals surface area contributed by atoms with Crippen molar-refractivity contribution in [3.63, 3.8) is 0 Å². The van der Waals surface area contributed by atoms with Crippen molar-refractivity contribution in [3.8, 4) is 0 Å². The fraction of sp³-hybridized carbons (Fsp3) is 0.952. The van der Waals surface area contributed by atoms with E-state index >= 15 is 0 Å². The number of hydrogen-bond donors (Lipinski definition) is 0. The molecule has 2 saturated carbocycles. The maximum absolute atomic E-state index is 13.0. The van der Waals surface area contributed by atoms with Gasteiger partial charge in [-0.25, -0.2) is 0 Å². The van der Waals surface area contributed by atoms with Crippen molar-refractivity contribution in [3.05, 3.63) is 0 Å². The van der Waals surface area contributed by atoms with Crippen LogP contribution in [0, 0.1) is 29.6 Å². The molecule has 0 aromatic heterocycles. The Bertz CT molecular complexity index is 428. The molecule has 1 heterocycles. The molecule has 1 saturated heterocycles. The second kappa shape index (κ2) is 6.86. The quantitative estimate of drug-likeness (QED) is 0.649. The van der Waals surface area contributed by atoms with Gasteiger partial charge in [0.25, 0.3) is 0 Å². The highest BCUT2D eigenvalue weighted by atomic mass is 16.5. The minimum Gasteiger partial charge on any atom is -0.371 e. The van der Waals surface area contributed by atoms with Crippen molar-refractivity contribution >= 4 is 5.78 Å². The third kappa shape index (κ3) is 3.52. The molecule has 0 bridgehead atoms. The summed E-state index contributed by atoms with van der Waals surface area (Å²) in [6, 6.07) is 0. The van der Waals surface area contributed by atoms with Gasteiger partial charge >= 0.3 is 0 Å². The minimum atomic E-state index is -0.0441. The molecule has 2 nitrogen and oxygen atoms in total. The van der Waals surface area contributed by atoms with Gasteiger partial charge in [0.1, 0.15) is 5.78 Å². The zero-order valence-corrected chi connectivity index (χ0v) is 15.6.